The molecule has 5 N–H and O–H groups in total. The summed E-state index contributed by atoms with van der Waals surface area (Å²) in [4.78, 5) is 14.4. The highest BCUT2D eigenvalue weighted by Crippen LogP contribution is 2.48. The lowest BCUT2D eigenvalue weighted by Gasteiger charge is -2.51. The number of nitrogens with two attached hydrogens (primary N) is 1. The summed E-state index contributed by atoms with van der Waals surface area (Å²) in [5, 5.41) is 26.5. The van der Waals surface area contributed by atoms with Crippen molar-refractivity contribution in [3.63, 3.8) is 0 Å². The van der Waals surface area contributed by atoms with Crippen molar-refractivity contribution in [2.45, 2.75) is 82.3 Å². The molecule has 2 unspecified atom stereocenters. The van der Waals surface area contributed by atoms with Crippen LogP contribution in [-0.2, 0) is 10.3 Å². The fraction of sp³-hybridized carbons (Fsp3) is 0.750. The quantitative estimate of drug-likeness (QED) is 0.312. The van der Waals surface area contributed by atoms with Gasteiger partial charge >= 0.3 is 6.03 Å². The second-order valence-electron chi connectivity index (χ2n) is 10.8. The van der Waals surface area contributed by atoms with E-state index in [-0.39, 0.29) is 17.5 Å². The molecule has 8 heteroatoms. The van der Waals surface area contributed by atoms with Crippen LogP contribution in [0.1, 0.15) is 76.2 Å². The van der Waals surface area contributed by atoms with E-state index in [1.807, 2.05) is 7.05 Å². The van der Waals surface area contributed by atoms with Crippen molar-refractivity contribution in [2.24, 2.45) is 23.5 Å². The zero-order chi connectivity index (χ0) is 26.1. The number of nitrogens with zero attached hydrogens (tertiary/aromatic N) is 1. The van der Waals surface area contributed by atoms with Gasteiger partial charge in [0.2, 0.25) is 0 Å². The summed E-state index contributed by atoms with van der Waals surface area (Å²) in [7, 11) is 3.55. The van der Waals surface area contributed by atoms with Crippen molar-refractivity contribution in [1.29, 1.82) is 0 Å². The zero-order valence-corrected chi connectivity index (χ0v) is 22.1. The van der Waals surface area contributed by atoms with Gasteiger partial charge in [-0.3, -0.25) is 0 Å². The van der Waals surface area contributed by atoms with E-state index >= 15 is 0 Å². The number of aromatic hydroxyl groups is 1. The maximum absolute atomic E-state index is 14.5. The number of urea groups is 1. The Hall–Kier alpha value is -1.90. The van der Waals surface area contributed by atoms with E-state index in [0.29, 0.717) is 51.3 Å². The van der Waals surface area contributed by atoms with Gasteiger partial charge < -0.3 is 30.9 Å². The van der Waals surface area contributed by atoms with Crippen LogP contribution in [0, 0.1) is 23.6 Å². The molecule has 1 aromatic rings. The van der Waals surface area contributed by atoms with E-state index in [1.54, 1.807) is 18.1 Å². The number of primary amides is 1. The summed E-state index contributed by atoms with van der Waals surface area (Å²) in [5.74, 6) is -1.00. The van der Waals surface area contributed by atoms with Crippen molar-refractivity contribution < 1.29 is 24.1 Å². The number of phenolic OH excluding ortho intramolecular Hbond substituents is 1. The lowest BCUT2D eigenvalue weighted by atomic mass is 9.65. The molecule has 1 saturated carbocycles. The lowest BCUT2D eigenvalue weighted by Crippen LogP contribution is -2.60. The number of carbonyl (C=O) groups excluding carboxylic acids is 1. The number of hydrogen-bond acceptors (Lipinski definition) is 5. The monoisotopic (exact) mass is 507 g/mol. The van der Waals surface area contributed by atoms with E-state index < -0.39 is 29.1 Å². The molecule has 204 valence electrons. The van der Waals surface area contributed by atoms with E-state index in [2.05, 4.69) is 5.32 Å². The molecule has 1 aromatic carbocycles. The molecule has 2 aliphatic rings. The topological polar surface area (TPSA) is 108 Å². The summed E-state index contributed by atoms with van der Waals surface area (Å²) in [6.07, 6.45) is 10.1. The molecule has 0 aromatic heterocycles. The highest BCUT2D eigenvalue weighted by atomic mass is 19.1. The Morgan fingerprint density at radius 1 is 1.25 bits per heavy atom. The number of benzene rings is 1. The SMILES string of the molecule is CNC[C@H](CC1CCCCC1)C1C([C@@](O)(CCCCOC)c2cccc(F)c2O)CCCN1C(N)=O. The molecular weight excluding hydrogens is 461 g/mol. The van der Waals surface area contributed by atoms with Gasteiger partial charge in [-0.2, -0.15) is 0 Å². The fourth-order valence-corrected chi connectivity index (χ4v) is 6.86. The normalized spacial score (nSPS) is 23.8. The van der Waals surface area contributed by atoms with Crippen molar-refractivity contribution in [3.05, 3.63) is 29.6 Å². The first-order chi connectivity index (χ1) is 17.3. The van der Waals surface area contributed by atoms with Gasteiger partial charge in [-0.25, -0.2) is 9.18 Å². The van der Waals surface area contributed by atoms with E-state index in [9.17, 15) is 19.4 Å². The van der Waals surface area contributed by atoms with Crippen LogP contribution in [0.2, 0.25) is 0 Å². The van der Waals surface area contributed by atoms with Gasteiger partial charge in [0.25, 0.3) is 0 Å². The molecule has 1 aliphatic heterocycles. The summed E-state index contributed by atoms with van der Waals surface area (Å²) in [6.45, 7) is 1.78. The first-order valence-electron chi connectivity index (χ1n) is 13.7. The molecular formula is C28H46FN3O4. The molecule has 3 rings (SSSR count). The predicted molar refractivity (Wildman–Crippen MR) is 139 cm³/mol. The third-order valence-electron chi connectivity index (χ3n) is 8.50. The maximum atomic E-state index is 14.5. The average Bonchev–Trinajstić information content (AvgIpc) is 2.88. The smallest absolute Gasteiger partial charge is 0.315 e. The van der Waals surface area contributed by atoms with E-state index in [1.165, 1.54) is 44.2 Å². The van der Waals surface area contributed by atoms with Crippen LogP contribution >= 0.6 is 0 Å². The Kier molecular flexibility index (Phi) is 10.8. The van der Waals surface area contributed by atoms with E-state index in [0.717, 1.165) is 12.8 Å². The molecule has 36 heavy (non-hydrogen) atoms. The first-order valence-corrected chi connectivity index (χ1v) is 13.7. The number of likely N-dealkylation sites (tertiary alicyclic amines) is 1. The van der Waals surface area contributed by atoms with Crippen LogP contribution in [-0.4, -0.2) is 61.0 Å². The molecule has 0 bridgehead atoms. The lowest BCUT2D eigenvalue weighted by molar-refractivity contribution is -0.0947. The average molecular weight is 508 g/mol. The fourth-order valence-electron chi connectivity index (χ4n) is 6.86. The summed E-state index contributed by atoms with van der Waals surface area (Å²) in [6, 6.07) is 3.54. The van der Waals surface area contributed by atoms with Crippen LogP contribution in [0.4, 0.5) is 9.18 Å². The van der Waals surface area contributed by atoms with Crippen LogP contribution in [0.3, 0.4) is 0 Å². The molecule has 1 heterocycles. The number of unbranched alkanes of at least 4 members (excludes halogenated alkanes) is 1. The number of rotatable bonds is 12. The maximum Gasteiger partial charge on any atom is 0.315 e. The summed E-state index contributed by atoms with van der Waals surface area (Å²) >= 11 is 0. The number of piperidine rings is 1. The Labute approximate surface area is 215 Å². The van der Waals surface area contributed by atoms with Gasteiger partial charge in [0, 0.05) is 37.8 Å². The number of carbonyl (C=O) groups is 1. The van der Waals surface area contributed by atoms with Crippen LogP contribution < -0.4 is 11.1 Å². The number of phenols is 1. The van der Waals surface area contributed by atoms with Crippen molar-refractivity contribution in [3.8, 4) is 5.75 Å². The first kappa shape index (κ1) is 28.7. The molecule has 0 radical (unpaired) electrons. The standard InChI is InChI=1S/C28H46FN3O4/c1-31-19-21(18-20-10-4-3-5-11-20)25-22(13-9-16-32(25)27(30)34)28(35,15-6-7-17-36-2)23-12-8-14-24(29)26(23)33/h8,12,14,20-22,25,31,33,35H,3-7,9-11,13,15-19H2,1-2H3,(H2,30,34)/t21-,22?,25?,28-/m0/s1. The number of amides is 2. The van der Waals surface area contributed by atoms with Gasteiger partial charge in [-0.15, -0.1) is 0 Å². The summed E-state index contributed by atoms with van der Waals surface area (Å²) < 4.78 is 19.7. The Morgan fingerprint density at radius 3 is 2.67 bits per heavy atom. The number of halogens is 1. The molecule has 2 amide bonds. The minimum Gasteiger partial charge on any atom is -0.505 e. The summed E-state index contributed by atoms with van der Waals surface area (Å²) in [5.41, 5.74) is 4.60. The molecule has 2 fully saturated rings. The zero-order valence-electron chi connectivity index (χ0n) is 22.1. The molecule has 1 aliphatic carbocycles. The number of ether oxygens (including phenoxy) is 1. The van der Waals surface area contributed by atoms with Crippen molar-refractivity contribution in [2.75, 3.05) is 33.9 Å². The van der Waals surface area contributed by atoms with Crippen LogP contribution in [0.25, 0.3) is 0 Å². The molecule has 7 nitrogen and oxygen atoms in total. The van der Waals surface area contributed by atoms with Crippen LogP contribution in [0.15, 0.2) is 18.2 Å². The highest BCUT2D eigenvalue weighted by Gasteiger charge is 2.50. The van der Waals surface area contributed by atoms with Gasteiger partial charge in [0.05, 0.1) is 5.60 Å². The highest BCUT2D eigenvalue weighted by molar-refractivity contribution is 5.72. The third-order valence-corrected chi connectivity index (χ3v) is 8.50. The minimum atomic E-state index is -1.52. The predicted octanol–water partition coefficient (Wildman–Crippen LogP) is 4.50. The molecule has 4 atom stereocenters. The molecule has 1 saturated heterocycles. The number of para-hydroxylation sites is 1. The Morgan fingerprint density at radius 2 is 2.00 bits per heavy atom. The van der Waals surface area contributed by atoms with Gasteiger partial charge in [-0.1, -0.05) is 44.2 Å². The third kappa shape index (κ3) is 6.69. The van der Waals surface area contributed by atoms with Gasteiger partial charge in [0.15, 0.2) is 11.6 Å². The second kappa shape index (κ2) is 13.6. The number of methoxy groups -OCH3 is 1. The van der Waals surface area contributed by atoms with Crippen molar-refractivity contribution in [1.82, 2.24) is 10.2 Å². The second-order valence-corrected chi connectivity index (χ2v) is 10.8. The van der Waals surface area contributed by atoms with Gasteiger partial charge in [0.1, 0.15) is 0 Å². The number of nitrogens with one attached hydrogen (secondary N) is 1. The van der Waals surface area contributed by atoms with Crippen molar-refractivity contribution >= 4 is 6.03 Å². The number of hydrogen-bond donors (Lipinski definition) is 4. The van der Waals surface area contributed by atoms with Gasteiger partial charge in [-0.05, 0) is 70.0 Å². The Balaban J connectivity index is 2.04. The van der Waals surface area contributed by atoms with E-state index in [4.69, 9.17) is 10.5 Å². The largest absolute Gasteiger partial charge is 0.505 e. The van der Waals surface area contributed by atoms with Crippen LogP contribution in [0.5, 0.6) is 5.75 Å². The Bertz CT molecular complexity index is 835. The minimum absolute atomic E-state index is 0.0807. The number of aliphatic hydroxyl groups is 1. The molecule has 0 spiro atoms.